The first kappa shape index (κ1) is 28.9. The Morgan fingerprint density at radius 1 is 1.10 bits per heavy atom. The maximum atomic E-state index is 15.3. The third-order valence-corrected chi connectivity index (χ3v) is 7.24. The summed E-state index contributed by atoms with van der Waals surface area (Å²) in [6.07, 6.45) is 0.150. The number of aromatic nitrogens is 2. The number of amides is 2. The van der Waals surface area contributed by atoms with E-state index in [1.807, 2.05) is 0 Å². The first-order chi connectivity index (χ1) is 19.6. The predicted molar refractivity (Wildman–Crippen MR) is 144 cm³/mol. The monoisotopic (exact) mass is 587 g/mol. The Labute approximate surface area is 237 Å². The minimum atomic E-state index is -1.61. The molecule has 222 valence electrons. The predicted octanol–water partition coefficient (Wildman–Crippen LogP) is 2.97. The van der Waals surface area contributed by atoms with E-state index in [9.17, 15) is 33.1 Å². The van der Waals surface area contributed by atoms with E-state index >= 15 is 4.39 Å². The highest BCUT2D eigenvalue weighted by atomic mass is 19.1. The number of hydrogen-bond donors (Lipinski definition) is 3. The third kappa shape index (κ3) is 5.48. The van der Waals surface area contributed by atoms with E-state index in [1.54, 1.807) is 25.7 Å². The molecule has 0 radical (unpaired) electrons. The van der Waals surface area contributed by atoms with Crippen molar-refractivity contribution in [2.75, 3.05) is 18.0 Å². The van der Waals surface area contributed by atoms with Crippen LogP contribution in [-0.4, -0.2) is 63.4 Å². The van der Waals surface area contributed by atoms with Crippen LogP contribution in [0.5, 0.6) is 0 Å². The van der Waals surface area contributed by atoms with Gasteiger partial charge in [-0.25, -0.2) is 27.7 Å². The molecule has 0 spiro atoms. The molecule has 2 aromatic heterocycles. The van der Waals surface area contributed by atoms with Crippen molar-refractivity contribution >= 4 is 34.8 Å². The van der Waals surface area contributed by atoms with Gasteiger partial charge in [-0.05, 0) is 45.9 Å². The van der Waals surface area contributed by atoms with Crippen molar-refractivity contribution in [3.05, 3.63) is 63.7 Å². The molecule has 11 nitrogen and oxygen atoms in total. The fourth-order valence-electron chi connectivity index (χ4n) is 5.20. The van der Waals surface area contributed by atoms with Crippen molar-refractivity contribution in [1.82, 2.24) is 20.2 Å². The Hall–Kier alpha value is -4.62. The summed E-state index contributed by atoms with van der Waals surface area (Å²) in [7, 11) is 0. The van der Waals surface area contributed by atoms with E-state index in [-0.39, 0.29) is 40.4 Å². The Bertz CT molecular complexity index is 1680. The van der Waals surface area contributed by atoms with Gasteiger partial charge in [-0.3, -0.25) is 14.2 Å². The Balaban J connectivity index is 1.36. The van der Waals surface area contributed by atoms with Crippen molar-refractivity contribution in [3.63, 3.8) is 0 Å². The SMILES string of the molecule is C[C@H](NC(=O)OC(C)(C)C)C(=O)N[C@H]1[C@@H]2CN(c3nc4c(cc3F)c(=O)c(C(=O)O)cn4-c3ccc(F)cc3F)C[C@@H]21. The molecular weight excluding hydrogens is 559 g/mol. The van der Waals surface area contributed by atoms with Gasteiger partial charge in [-0.15, -0.1) is 0 Å². The van der Waals surface area contributed by atoms with E-state index in [4.69, 9.17) is 4.74 Å². The summed E-state index contributed by atoms with van der Waals surface area (Å²) >= 11 is 0. The van der Waals surface area contributed by atoms with E-state index < -0.39 is 58.1 Å². The van der Waals surface area contributed by atoms with Gasteiger partial charge in [0.15, 0.2) is 17.3 Å². The second kappa shape index (κ2) is 10.3. The number of nitrogens with one attached hydrogen (secondary N) is 2. The second-order valence-electron chi connectivity index (χ2n) is 11.4. The number of halogens is 3. The largest absolute Gasteiger partial charge is 0.477 e. The van der Waals surface area contributed by atoms with Gasteiger partial charge in [0.05, 0.1) is 11.1 Å². The van der Waals surface area contributed by atoms with Crippen LogP contribution in [0, 0.1) is 29.3 Å². The van der Waals surface area contributed by atoms with Gasteiger partial charge < -0.3 is 25.4 Å². The van der Waals surface area contributed by atoms with Crippen LogP contribution in [-0.2, 0) is 9.53 Å². The third-order valence-electron chi connectivity index (χ3n) is 7.24. The number of carbonyl (C=O) groups is 3. The number of carbonyl (C=O) groups excluding carboxylic acids is 2. The van der Waals surface area contributed by atoms with Crippen LogP contribution in [0.3, 0.4) is 0 Å². The number of benzene rings is 1. The van der Waals surface area contributed by atoms with Gasteiger partial charge in [-0.2, -0.15) is 0 Å². The maximum absolute atomic E-state index is 15.3. The van der Waals surface area contributed by atoms with Gasteiger partial charge in [0.25, 0.3) is 0 Å². The summed E-state index contributed by atoms with van der Waals surface area (Å²) in [5.74, 6) is -5.01. The number of ether oxygens (including phenoxy) is 1. The second-order valence-corrected chi connectivity index (χ2v) is 11.4. The lowest BCUT2D eigenvalue weighted by atomic mass is 10.1. The summed E-state index contributed by atoms with van der Waals surface area (Å²) in [6, 6.07) is 2.41. The number of hydrogen-bond acceptors (Lipinski definition) is 7. The van der Waals surface area contributed by atoms with Gasteiger partial charge >= 0.3 is 12.1 Å². The Kier molecular flexibility index (Phi) is 7.11. The number of piperidine rings is 1. The lowest BCUT2D eigenvalue weighted by molar-refractivity contribution is -0.123. The fourth-order valence-corrected chi connectivity index (χ4v) is 5.20. The van der Waals surface area contributed by atoms with Crippen molar-refractivity contribution in [1.29, 1.82) is 0 Å². The van der Waals surface area contributed by atoms with Crippen LogP contribution in [0.15, 0.2) is 35.3 Å². The topological polar surface area (TPSA) is 143 Å². The molecule has 3 aromatic rings. The van der Waals surface area contributed by atoms with Crippen LogP contribution in [0.25, 0.3) is 16.7 Å². The number of rotatable bonds is 6. The molecule has 3 N–H and O–H groups in total. The standard InChI is InChI=1S/C28H28F3N5O6/c1-12(32-27(41)42-28(2,3)4)25(38)33-21-15-9-35(10-16(15)21)24-19(31)8-14-22(37)17(26(39)40)11-36(23(14)34-24)20-6-5-13(29)7-18(20)30/h5-8,11-12,15-16,21H,9-10H2,1-4H3,(H,32,41)(H,33,38)(H,39,40)/t12-,15-,16+,21+/m0/s1. The number of nitrogens with zero attached hydrogens (tertiary/aromatic N) is 3. The lowest BCUT2D eigenvalue weighted by Gasteiger charge is -2.24. The zero-order valence-electron chi connectivity index (χ0n) is 23.1. The molecule has 1 aliphatic heterocycles. The molecule has 0 unspecified atom stereocenters. The van der Waals surface area contributed by atoms with Crippen LogP contribution in [0.1, 0.15) is 38.1 Å². The number of aromatic carboxylic acids is 1. The smallest absolute Gasteiger partial charge is 0.408 e. The number of pyridine rings is 2. The highest BCUT2D eigenvalue weighted by Gasteiger charge is 2.57. The summed E-state index contributed by atoms with van der Waals surface area (Å²) in [6.45, 7) is 7.25. The van der Waals surface area contributed by atoms with Crippen molar-refractivity contribution < 1.29 is 37.4 Å². The molecule has 0 bridgehead atoms. The molecule has 42 heavy (non-hydrogen) atoms. The number of carboxylic acid groups (broad SMARTS) is 1. The molecule has 14 heteroatoms. The van der Waals surface area contributed by atoms with Crippen molar-refractivity contribution in [2.45, 2.75) is 45.4 Å². The van der Waals surface area contributed by atoms with Crippen molar-refractivity contribution in [3.8, 4) is 5.69 Å². The van der Waals surface area contributed by atoms with Crippen LogP contribution >= 0.6 is 0 Å². The number of fused-ring (bicyclic) bond motifs is 2. The highest BCUT2D eigenvalue weighted by Crippen LogP contribution is 2.47. The molecule has 1 aromatic carbocycles. The molecule has 2 aliphatic rings. The average molecular weight is 588 g/mol. The van der Waals surface area contributed by atoms with Crippen molar-refractivity contribution in [2.24, 2.45) is 11.8 Å². The molecule has 5 rings (SSSR count). The lowest BCUT2D eigenvalue weighted by Crippen LogP contribution is -2.48. The number of alkyl carbamates (subject to hydrolysis) is 1. The van der Waals surface area contributed by atoms with Gasteiger partial charge in [0.2, 0.25) is 11.3 Å². The Morgan fingerprint density at radius 2 is 1.76 bits per heavy atom. The van der Waals surface area contributed by atoms with E-state index in [2.05, 4.69) is 15.6 Å². The first-order valence-electron chi connectivity index (χ1n) is 13.1. The van der Waals surface area contributed by atoms with Gasteiger partial charge in [-0.1, -0.05) is 0 Å². The fraction of sp³-hybridized carbons (Fsp3) is 0.393. The average Bonchev–Trinajstić information content (AvgIpc) is 3.30. The maximum Gasteiger partial charge on any atom is 0.408 e. The van der Waals surface area contributed by atoms with Crippen LogP contribution < -0.4 is 21.0 Å². The highest BCUT2D eigenvalue weighted by molar-refractivity contribution is 5.92. The molecule has 3 heterocycles. The zero-order chi connectivity index (χ0) is 30.7. The molecule has 4 atom stereocenters. The molecule has 1 saturated carbocycles. The summed E-state index contributed by atoms with van der Waals surface area (Å²) < 4.78 is 49.7. The number of anilines is 1. The minimum Gasteiger partial charge on any atom is -0.477 e. The molecule has 2 fully saturated rings. The molecule has 1 saturated heterocycles. The van der Waals surface area contributed by atoms with E-state index in [0.29, 0.717) is 19.2 Å². The molecule has 1 aliphatic carbocycles. The quantitative estimate of drug-likeness (QED) is 0.400. The van der Waals surface area contributed by atoms with E-state index in [0.717, 1.165) is 29.0 Å². The number of carboxylic acids is 1. The Morgan fingerprint density at radius 3 is 2.36 bits per heavy atom. The van der Waals surface area contributed by atoms with E-state index in [1.165, 1.54) is 6.92 Å². The normalized spacial score (nSPS) is 20.2. The summed E-state index contributed by atoms with van der Waals surface area (Å²) in [5.41, 5.74) is -2.95. The molecule has 2 amide bonds. The molecular formula is C28H28F3N5O6. The first-order valence-corrected chi connectivity index (χ1v) is 13.1. The summed E-state index contributed by atoms with van der Waals surface area (Å²) in [5, 5.41) is 14.5. The zero-order valence-corrected chi connectivity index (χ0v) is 23.1. The van der Waals surface area contributed by atoms with Gasteiger partial charge in [0.1, 0.15) is 28.8 Å². The van der Waals surface area contributed by atoms with Gasteiger partial charge in [0, 0.05) is 43.2 Å². The van der Waals surface area contributed by atoms with Crippen LogP contribution in [0.2, 0.25) is 0 Å². The van der Waals surface area contributed by atoms with Crippen LogP contribution in [0.4, 0.5) is 23.8 Å². The minimum absolute atomic E-state index is 0.0364. The summed E-state index contributed by atoms with van der Waals surface area (Å²) in [4.78, 5) is 55.0.